The summed E-state index contributed by atoms with van der Waals surface area (Å²) in [5.41, 5.74) is -0.725. The third-order valence-corrected chi connectivity index (χ3v) is 2.34. The van der Waals surface area contributed by atoms with Crippen LogP contribution in [0.2, 0.25) is 0 Å². The number of alkyl halides is 3. The Bertz CT molecular complexity index is 820. The van der Waals surface area contributed by atoms with E-state index in [1.807, 2.05) is 0 Å². The molecule has 1 heterocycles. The first-order valence-electron chi connectivity index (χ1n) is 10.3. The molecule has 116 valence electrons. The van der Waals surface area contributed by atoms with E-state index in [9.17, 15) is 18.0 Å². The zero-order valence-electron chi connectivity index (χ0n) is 19.8. The summed E-state index contributed by atoms with van der Waals surface area (Å²) < 4.78 is 114. The van der Waals surface area contributed by atoms with Crippen molar-refractivity contribution >= 4 is 11.6 Å². The van der Waals surface area contributed by atoms with E-state index in [1.165, 1.54) is 6.92 Å². The largest absolute Gasteiger partial charge is 0.573 e. The molecule has 2 rings (SSSR count). The van der Waals surface area contributed by atoms with Crippen LogP contribution in [0.4, 0.5) is 18.9 Å². The maximum Gasteiger partial charge on any atom is 0.573 e. The van der Waals surface area contributed by atoms with Crippen molar-refractivity contribution in [1.82, 2.24) is 4.90 Å². The highest BCUT2D eigenvalue weighted by molar-refractivity contribution is 5.76. The van der Waals surface area contributed by atoms with E-state index in [2.05, 4.69) is 4.74 Å². The normalized spacial score (nSPS) is 31.9. The lowest BCUT2D eigenvalue weighted by Crippen LogP contribution is -2.48. The summed E-state index contributed by atoms with van der Waals surface area (Å²) in [6.45, 7) is -12.5. The van der Waals surface area contributed by atoms with E-state index in [4.69, 9.17) is 12.3 Å². The lowest BCUT2D eigenvalue weighted by Gasteiger charge is -2.36. The molecule has 0 aliphatic carbocycles. The number of benzene rings is 1. The summed E-state index contributed by atoms with van der Waals surface area (Å²) in [6.07, 6.45) is -5.68. The van der Waals surface area contributed by atoms with Crippen LogP contribution in [0.1, 0.15) is 25.7 Å². The van der Waals surface area contributed by atoms with Crippen molar-refractivity contribution in [3.05, 3.63) is 24.2 Å². The summed E-state index contributed by atoms with van der Waals surface area (Å²) in [5.74, 6) is -2.33. The Labute approximate surface area is 133 Å². The van der Waals surface area contributed by atoms with E-state index >= 15 is 0 Å². The minimum atomic E-state index is -5.22. The van der Waals surface area contributed by atoms with Gasteiger partial charge in [0.2, 0.25) is 5.91 Å². The van der Waals surface area contributed by atoms with Gasteiger partial charge in [0.15, 0.2) is 0 Å². The predicted molar refractivity (Wildman–Crippen MR) is 72.2 cm³/mol. The zero-order valence-corrected chi connectivity index (χ0v) is 10.8. The molecule has 1 aromatic carbocycles. The highest BCUT2D eigenvalue weighted by Crippen LogP contribution is 2.27. The Morgan fingerprint density at radius 2 is 2.10 bits per heavy atom. The van der Waals surface area contributed by atoms with Crippen molar-refractivity contribution in [3.63, 3.8) is 0 Å². The smallest absolute Gasteiger partial charge is 0.406 e. The van der Waals surface area contributed by atoms with Crippen LogP contribution in [-0.4, -0.2) is 43.2 Å². The van der Waals surface area contributed by atoms with Crippen LogP contribution >= 0.6 is 0 Å². The molecule has 1 saturated heterocycles. The van der Waals surface area contributed by atoms with Crippen molar-refractivity contribution in [3.8, 4) is 5.75 Å². The number of carbonyl (C=O) groups is 1. The van der Waals surface area contributed by atoms with Gasteiger partial charge in [-0.3, -0.25) is 4.79 Å². The van der Waals surface area contributed by atoms with Crippen LogP contribution < -0.4 is 9.64 Å². The van der Waals surface area contributed by atoms with Crippen LogP contribution in [0, 0.1) is 0 Å². The fraction of sp³-hybridized carbons (Fsp3) is 0.500. The lowest BCUT2D eigenvalue weighted by atomic mass is 10.2. The Balaban J connectivity index is 2.75. The first-order chi connectivity index (χ1) is 13.3. The molecule has 0 saturated carbocycles. The first-order valence-corrected chi connectivity index (χ1v) is 5.82. The van der Waals surface area contributed by atoms with Crippen LogP contribution in [0.3, 0.4) is 0 Å². The quantitative estimate of drug-likeness (QED) is 0.860. The van der Waals surface area contributed by atoms with E-state index < -0.39 is 62.2 Å². The number of piperazine rings is 1. The Morgan fingerprint density at radius 1 is 1.43 bits per heavy atom. The Hall–Kier alpha value is -1.92. The number of halogens is 3. The molecule has 21 heavy (non-hydrogen) atoms. The third kappa shape index (κ3) is 4.27. The molecule has 0 spiro atoms. The molecule has 0 aromatic heterocycles. The summed E-state index contributed by atoms with van der Waals surface area (Å²) >= 11 is 0. The number of ether oxygens (including phenoxy) is 1. The van der Waals surface area contributed by atoms with Crippen LogP contribution in [0.15, 0.2) is 24.2 Å². The van der Waals surface area contributed by atoms with E-state index in [0.29, 0.717) is 6.07 Å². The van der Waals surface area contributed by atoms with Gasteiger partial charge in [-0.15, -0.1) is 13.2 Å². The number of anilines is 1. The van der Waals surface area contributed by atoms with Crippen molar-refractivity contribution < 1.29 is 35.0 Å². The average Bonchev–Trinajstić information content (AvgIpc) is 2.54. The fourth-order valence-corrected chi connectivity index (χ4v) is 1.42. The van der Waals surface area contributed by atoms with Gasteiger partial charge >= 0.3 is 6.36 Å². The Kier molecular flexibility index (Phi) is 2.19. The standard InChI is InChI=1S/C14H17F3N2O2/c1-2-13(20)19-8-6-18(7-9-19)11-4-3-5-12(10-11)21-14(15,16)17/h3-5,10H,2,6-9H2,1H3/i5D,6D2,7D2,8D2,9D2. The minimum Gasteiger partial charge on any atom is -0.406 e. The molecule has 1 aliphatic rings. The van der Waals surface area contributed by atoms with Gasteiger partial charge in [0.25, 0.3) is 0 Å². The predicted octanol–water partition coefficient (Wildman–Crippen LogP) is 2.64. The summed E-state index contributed by atoms with van der Waals surface area (Å²) in [6, 6.07) is 1.24. The maximum atomic E-state index is 12.6. The molecule has 7 heteroatoms. The second-order valence-corrected chi connectivity index (χ2v) is 3.82. The molecule has 0 radical (unpaired) electrons. The van der Waals surface area contributed by atoms with Crippen LogP contribution in [0.25, 0.3) is 0 Å². The summed E-state index contributed by atoms with van der Waals surface area (Å²) in [5, 5.41) is 0. The molecular formula is C14H17F3N2O2. The van der Waals surface area contributed by atoms with Crippen molar-refractivity contribution in [2.75, 3.05) is 30.9 Å². The third-order valence-electron chi connectivity index (χ3n) is 2.34. The van der Waals surface area contributed by atoms with E-state index in [-0.39, 0.29) is 9.80 Å². The molecule has 0 unspecified atom stereocenters. The number of rotatable bonds is 3. The first kappa shape index (κ1) is 7.38. The number of amides is 1. The van der Waals surface area contributed by atoms with Gasteiger partial charge in [-0.05, 0) is 12.1 Å². The molecule has 1 aliphatic heterocycles. The van der Waals surface area contributed by atoms with E-state index in [1.54, 1.807) is 0 Å². The Morgan fingerprint density at radius 3 is 2.67 bits per heavy atom. The van der Waals surface area contributed by atoms with Gasteiger partial charge in [-0.25, -0.2) is 0 Å². The number of carbonyl (C=O) groups excluding carboxylic acids is 1. The molecule has 1 aromatic rings. The van der Waals surface area contributed by atoms with Gasteiger partial charge < -0.3 is 14.5 Å². The highest BCUT2D eigenvalue weighted by atomic mass is 19.4. The SMILES string of the molecule is [2H]c1ccc(N2C([2H])([2H])C([2H])([2H])N(C(=O)CC)C([2H])([2H])C2([2H])[2H])cc1OC(F)(F)F. The second-order valence-electron chi connectivity index (χ2n) is 3.82. The second kappa shape index (κ2) is 6.24. The molecule has 0 atom stereocenters. The van der Waals surface area contributed by atoms with Gasteiger partial charge in [0.1, 0.15) is 5.75 Å². The van der Waals surface area contributed by atoms with Crippen molar-refractivity contribution in [2.24, 2.45) is 0 Å². The van der Waals surface area contributed by atoms with E-state index in [0.717, 1.165) is 12.1 Å². The molecular weight excluding hydrogens is 285 g/mol. The number of nitrogens with zero attached hydrogens (tertiary/aromatic N) is 2. The summed E-state index contributed by atoms with van der Waals surface area (Å²) in [7, 11) is 0. The average molecular weight is 311 g/mol. The van der Waals surface area contributed by atoms with Gasteiger partial charge in [-0.1, -0.05) is 13.0 Å². The van der Waals surface area contributed by atoms with Gasteiger partial charge in [-0.2, -0.15) is 0 Å². The molecule has 4 nitrogen and oxygen atoms in total. The van der Waals surface area contributed by atoms with Crippen LogP contribution in [0.5, 0.6) is 5.75 Å². The highest BCUT2D eigenvalue weighted by Gasteiger charge is 2.31. The molecule has 0 bridgehead atoms. The molecule has 1 amide bonds. The fourth-order valence-electron chi connectivity index (χ4n) is 1.42. The van der Waals surface area contributed by atoms with Crippen LogP contribution in [-0.2, 0) is 4.79 Å². The molecule has 1 fully saturated rings. The monoisotopic (exact) mass is 311 g/mol. The lowest BCUT2D eigenvalue weighted by molar-refractivity contribution is -0.274. The van der Waals surface area contributed by atoms with Crippen molar-refractivity contribution in [1.29, 1.82) is 0 Å². The maximum absolute atomic E-state index is 12.6. The van der Waals surface area contributed by atoms with Gasteiger partial charge in [0, 0.05) is 44.2 Å². The van der Waals surface area contributed by atoms with Gasteiger partial charge in [0.05, 0.1) is 12.3 Å². The topological polar surface area (TPSA) is 32.8 Å². The van der Waals surface area contributed by atoms with Crippen molar-refractivity contribution in [2.45, 2.75) is 19.7 Å². The number of hydrogen-bond acceptors (Lipinski definition) is 3. The zero-order chi connectivity index (χ0) is 23.5. The summed E-state index contributed by atoms with van der Waals surface area (Å²) in [4.78, 5) is 12.0. The molecule has 0 N–H and O–H groups in total. The minimum absolute atomic E-state index is 0.0257. The number of hydrogen-bond donors (Lipinski definition) is 0.